The van der Waals surface area contributed by atoms with Gasteiger partial charge in [0.05, 0.1) is 11.9 Å². The van der Waals surface area contributed by atoms with Crippen molar-refractivity contribution in [1.82, 2.24) is 10.2 Å². The quantitative estimate of drug-likeness (QED) is 0.401. The highest BCUT2D eigenvalue weighted by Gasteiger charge is 2.29. The molecular formula is C29H43N3O4S. The van der Waals surface area contributed by atoms with Crippen molar-refractivity contribution in [1.29, 1.82) is 0 Å². The predicted octanol–water partition coefficient (Wildman–Crippen LogP) is 4.88. The van der Waals surface area contributed by atoms with Gasteiger partial charge in [-0.25, -0.2) is 8.42 Å². The first-order valence-electron chi connectivity index (χ1n) is 13.1. The lowest BCUT2D eigenvalue weighted by atomic mass is 10.0. The van der Waals surface area contributed by atoms with E-state index in [4.69, 9.17) is 0 Å². The average Bonchev–Trinajstić information content (AvgIpc) is 2.84. The fourth-order valence-electron chi connectivity index (χ4n) is 4.32. The summed E-state index contributed by atoms with van der Waals surface area (Å²) in [6, 6.07) is 12.8. The zero-order chi connectivity index (χ0) is 27.8. The van der Waals surface area contributed by atoms with E-state index in [2.05, 4.69) is 5.32 Å². The van der Waals surface area contributed by atoms with Crippen LogP contribution < -0.4 is 9.62 Å². The number of anilines is 1. The van der Waals surface area contributed by atoms with E-state index in [1.54, 1.807) is 11.0 Å². The summed E-state index contributed by atoms with van der Waals surface area (Å²) in [7, 11) is -3.54. The van der Waals surface area contributed by atoms with Crippen LogP contribution in [0.5, 0.6) is 0 Å². The lowest BCUT2D eigenvalue weighted by Gasteiger charge is -2.32. The summed E-state index contributed by atoms with van der Waals surface area (Å²) in [5.74, 6) is -0.323. The van der Waals surface area contributed by atoms with E-state index in [-0.39, 0.29) is 30.8 Å². The van der Waals surface area contributed by atoms with Crippen molar-refractivity contribution in [2.45, 2.75) is 85.9 Å². The van der Waals surface area contributed by atoms with Crippen molar-refractivity contribution >= 4 is 27.5 Å². The molecule has 2 aromatic rings. The van der Waals surface area contributed by atoms with Gasteiger partial charge >= 0.3 is 0 Å². The van der Waals surface area contributed by atoms with Crippen LogP contribution in [-0.2, 0) is 26.2 Å². The number of carbonyl (C=O) groups is 2. The summed E-state index contributed by atoms with van der Waals surface area (Å²) in [4.78, 5) is 28.4. The Bertz CT molecular complexity index is 1180. The van der Waals surface area contributed by atoms with E-state index in [1.807, 2.05) is 77.9 Å². The topological polar surface area (TPSA) is 86.8 Å². The van der Waals surface area contributed by atoms with Gasteiger partial charge in [-0.2, -0.15) is 0 Å². The second kappa shape index (κ2) is 13.6. The van der Waals surface area contributed by atoms with Crippen molar-refractivity contribution in [3.05, 3.63) is 64.7 Å². The molecule has 7 nitrogen and oxygen atoms in total. The standard InChI is InChI=1S/C29H43N3O4S/c1-8-23(5)30-29(34)26(9-2)31(20-25-16-11-10-14-22(25)4)28(33)18-13-19-32(37(7,35)36)27-17-12-15-21(3)24(27)6/h10-12,14-17,23,26H,8-9,13,18-20H2,1-7H3,(H,30,34)/t23-,26-/m0/s1. The van der Waals surface area contributed by atoms with Crippen LogP contribution in [0.25, 0.3) is 0 Å². The van der Waals surface area contributed by atoms with Crippen LogP contribution in [0, 0.1) is 20.8 Å². The number of hydrogen-bond acceptors (Lipinski definition) is 4. The minimum absolute atomic E-state index is 0.0119. The third-order valence-corrected chi connectivity index (χ3v) is 8.17. The summed E-state index contributed by atoms with van der Waals surface area (Å²) in [6.07, 6.45) is 2.95. The molecule has 8 heteroatoms. The number of nitrogens with zero attached hydrogens (tertiary/aromatic N) is 2. The zero-order valence-corrected chi connectivity index (χ0v) is 24.2. The fraction of sp³-hybridized carbons (Fsp3) is 0.517. The molecule has 1 N–H and O–H groups in total. The van der Waals surface area contributed by atoms with Crippen LogP contribution in [0.1, 0.15) is 68.7 Å². The highest BCUT2D eigenvalue weighted by atomic mass is 32.2. The van der Waals surface area contributed by atoms with Crippen LogP contribution in [0.2, 0.25) is 0 Å². The molecule has 2 atom stereocenters. The van der Waals surface area contributed by atoms with E-state index in [9.17, 15) is 18.0 Å². The Kier molecular flexibility index (Phi) is 11.2. The van der Waals surface area contributed by atoms with Crippen molar-refractivity contribution in [3.63, 3.8) is 0 Å². The van der Waals surface area contributed by atoms with E-state index in [0.29, 0.717) is 25.1 Å². The molecular weight excluding hydrogens is 486 g/mol. The number of benzene rings is 2. The number of aryl methyl sites for hydroxylation is 2. The van der Waals surface area contributed by atoms with Gasteiger partial charge in [0.2, 0.25) is 21.8 Å². The summed E-state index contributed by atoms with van der Waals surface area (Å²) in [5, 5.41) is 3.02. The predicted molar refractivity (Wildman–Crippen MR) is 151 cm³/mol. The first kappa shape index (κ1) is 30.4. The van der Waals surface area contributed by atoms with E-state index < -0.39 is 16.1 Å². The van der Waals surface area contributed by atoms with Gasteiger partial charge in [-0.15, -0.1) is 0 Å². The summed E-state index contributed by atoms with van der Waals surface area (Å²) < 4.78 is 26.6. The van der Waals surface area contributed by atoms with E-state index >= 15 is 0 Å². The van der Waals surface area contributed by atoms with Crippen molar-refractivity contribution in [3.8, 4) is 0 Å². The molecule has 0 aliphatic carbocycles. The maximum Gasteiger partial charge on any atom is 0.243 e. The molecule has 0 aliphatic heterocycles. The zero-order valence-electron chi connectivity index (χ0n) is 23.4. The third kappa shape index (κ3) is 8.32. The highest BCUT2D eigenvalue weighted by Crippen LogP contribution is 2.26. The van der Waals surface area contributed by atoms with Crippen LogP contribution in [0.4, 0.5) is 5.69 Å². The number of nitrogens with one attached hydrogen (secondary N) is 1. The van der Waals surface area contributed by atoms with E-state index in [1.165, 1.54) is 10.6 Å². The SMILES string of the molecule is CC[C@H](C)NC(=O)[C@H](CC)N(Cc1ccccc1C)C(=O)CCCN(c1cccc(C)c1C)S(C)(=O)=O. The Balaban J connectivity index is 2.27. The second-order valence-electron chi connectivity index (χ2n) is 9.85. The third-order valence-electron chi connectivity index (χ3n) is 6.99. The molecule has 2 rings (SSSR count). The number of sulfonamides is 1. The smallest absolute Gasteiger partial charge is 0.243 e. The molecule has 2 amide bonds. The monoisotopic (exact) mass is 529 g/mol. The Morgan fingerprint density at radius 1 is 0.946 bits per heavy atom. The van der Waals surface area contributed by atoms with Crippen LogP contribution in [0.3, 0.4) is 0 Å². The maximum absolute atomic E-state index is 13.6. The lowest BCUT2D eigenvalue weighted by molar-refractivity contribution is -0.141. The van der Waals surface area contributed by atoms with Crippen LogP contribution in [-0.4, -0.2) is 50.0 Å². The molecule has 0 saturated heterocycles. The fourth-order valence-corrected chi connectivity index (χ4v) is 5.34. The Morgan fingerprint density at radius 3 is 2.19 bits per heavy atom. The first-order valence-corrected chi connectivity index (χ1v) is 14.9. The van der Waals surface area contributed by atoms with Crippen LogP contribution in [0.15, 0.2) is 42.5 Å². The van der Waals surface area contributed by atoms with Crippen molar-refractivity contribution < 1.29 is 18.0 Å². The Labute approximate surface area is 223 Å². The maximum atomic E-state index is 13.6. The van der Waals surface area contributed by atoms with Crippen molar-refractivity contribution in [2.75, 3.05) is 17.1 Å². The summed E-state index contributed by atoms with van der Waals surface area (Å²) >= 11 is 0. The van der Waals surface area contributed by atoms with Gasteiger partial charge in [-0.3, -0.25) is 13.9 Å². The molecule has 0 radical (unpaired) electrons. The summed E-state index contributed by atoms with van der Waals surface area (Å²) in [5.41, 5.74) is 4.57. The normalized spacial score (nSPS) is 13.1. The summed E-state index contributed by atoms with van der Waals surface area (Å²) in [6.45, 7) is 12.2. The molecule has 0 unspecified atom stereocenters. The molecule has 204 valence electrons. The van der Waals surface area contributed by atoms with Gasteiger partial charge in [0, 0.05) is 25.6 Å². The van der Waals surface area contributed by atoms with Gasteiger partial charge < -0.3 is 10.2 Å². The molecule has 0 aromatic heterocycles. The van der Waals surface area contributed by atoms with Gasteiger partial charge in [0.15, 0.2) is 0 Å². The Hall–Kier alpha value is -2.87. The van der Waals surface area contributed by atoms with Gasteiger partial charge in [-0.1, -0.05) is 50.2 Å². The van der Waals surface area contributed by atoms with Gasteiger partial charge in [0.25, 0.3) is 0 Å². The number of amides is 2. The van der Waals surface area contributed by atoms with E-state index in [0.717, 1.165) is 28.7 Å². The lowest BCUT2D eigenvalue weighted by Crippen LogP contribution is -2.50. The first-order chi connectivity index (χ1) is 17.4. The minimum Gasteiger partial charge on any atom is -0.352 e. The van der Waals surface area contributed by atoms with Crippen molar-refractivity contribution in [2.24, 2.45) is 0 Å². The molecule has 0 bridgehead atoms. The molecule has 0 aliphatic rings. The molecule has 2 aromatic carbocycles. The highest BCUT2D eigenvalue weighted by molar-refractivity contribution is 7.92. The molecule has 0 heterocycles. The number of rotatable bonds is 13. The Morgan fingerprint density at radius 2 is 1.59 bits per heavy atom. The molecule has 0 spiro atoms. The average molecular weight is 530 g/mol. The molecule has 37 heavy (non-hydrogen) atoms. The molecule has 0 fully saturated rings. The molecule has 0 saturated carbocycles. The number of hydrogen-bond donors (Lipinski definition) is 1. The number of carbonyl (C=O) groups excluding carboxylic acids is 2. The second-order valence-corrected chi connectivity index (χ2v) is 11.8. The van der Waals surface area contributed by atoms with Gasteiger partial charge in [0.1, 0.15) is 6.04 Å². The van der Waals surface area contributed by atoms with Crippen LogP contribution >= 0.6 is 0 Å². The minimum atomic E-state index is -3.54. The largest absolute Gasteiger partial charge is 0.352 e. The van der Waals surface area contributed by atoms with Gasteiger partial charge in [-0.05, 0) is 75.3 Å².